The second-order valence-corrected chi connectivity index (χ2v) is 5.80. The van der Waals surface area contributed by atoms with Crippen molar-refractivity contribution in [3.8, 4) is 0 Å². The molecule has 2 rings (SSSR count). The van der Waals surface area contributed by atoms with Crippen LogP contribution in [-0.2, 0) is 0 Å². The Morgan fingerprint density at radius 2 is 1.89 bits per heavy atom. The number of nitrogens with one attached hydrogen (secondary N) is 1. The van der Waals surface area contributed by atoms with Gasteiger partial charge in [0.25, 0.3) is 0 Å². The van der Waals surface area contributed by atoms with E-state index in [-0.39, 0.29) is 11.4 Å². The summed E-state index contributed by atoms with van der Waals surface area (Å²) in [5.74, 6) is 0.651. The number of piperazine rings is 1. The Morgan fingerprint density at radius 3 is 2.42 bits per heavy atom. The highest BCUT2D eigenvalue weighted by molar-refractivity contribution is 5.93. The predicted octanol–water partition coefficient (Wildman–Crippen LogP) is 0.681. The summed E-state index contributed by atoms with van der Waals surface area (Å²) in [4.78, 5) is 13.2. The Labute approximate surface area is 114 Å². The van der Waals surface area contributed by atoms with Crippen LogP contribution < -0.4 is 10.6 Å². The third-order valence-electron chi connectivity index (χ3n) is 3.43. The number of anilines is 1. The molecule has 1 aromatic rings. The molecule has 6 heteroatoms. The second-order valence-electron chi connectivity index (χ2n) is 5.80. The Kier molecular flexibility index (Phi) is 3.71. The van der Waals surface area contributed by atoms with Crippen LogP contribution in [0.4, 0.5) is 5.95 Å². The smallest absolute Gasteiger partial charge is 0.226 e. The molecule has 6 nitrogen and oxygen atoms in total. The van der Waals surface area contributed by atoms with E-state index in [9.17, 15) is 0 Å². The number of nitrogens with two attached hydrogens (primary N) is 1. The highest BCUT2D eigenvalue weighted by Gasteiger charge is 2.26. The van der Waals surface area contributed by atoms with E-state index in [4.69, 9.17) is 11.1 Å². The van der Waals surface area contributed by atoms with E-state index in [2.05, 4.69) is 40.5 Å². The summed E-state index contributed by atoms with van der Waals surface area (Å²) >= 11 is 0. The lowest BCUT2D eigenvalue weighted by Crippen LogP contribution is -2.53. The number of hydrogen-bond donors (Lipinski definition) is 2. The van der Waals surface area contributed by atoms with Gasteiger partial charge in [0.15, 0.2) is 0 Å². The molecule has 0 unspecified atom stereocenters. The zero-order valence-corrected chi connectivity index (χ0v) is 11.8. The average Bonchev–Trinajstić information content (AvgIpc) is 2.38. The minimum Gasteiger partial charge on any atom is -0.382 e. The van der Waals surface area contributed by atoms with Crippen LogP contribution in [0.5, 0.6) is 0 Å². The standard InChI is InChI=1S/C13H22N6/c1-13(2,3)19-8-6-18(7-9-19)12-16-5-4-10(17-12)11(14)15/h4-5H,6-9H2,1-3H3,(H3,14,15). The van der Waals surface area contributed by atoms with Gasteiger partial charge in [-0.25, -0.2) is 9.97 Å². The highest BCUT2D eigenvalue weighted by Crippen LogP contribution is 2.18. The van der Waals surface area contributed by atoms with E-state index in [0.717, 1.165) is 26.2 Å². The maximum atomic E-state index is 7.42. The molecular formula is C13H22N6. The molecule has 19 heavy (non-hydrogen) atoms. The average molecular weight is 262 g/mol. The van der Waals surface area contributed by atoms with Gasteiger partial charge in [0.1, 0.15) is 11.5 Å². The number of rotatable bonds is 2. The zero-order chi connectivity index (χ0) is 14.0. The van der Waals surface area contributed by atoms with E-state index in [1.165, 1.54) is 0 Å². The first-order valence-electron chi connectivity index (χ1n) is 6.55. The summed E-state index contributed by atoms with van der Waals surface area (Å²) < 4.78 is 0. The fraction of sp³-hybridized carbons (Fsp3) is 0.615. The van der Waals surface area contributed by atoms with E-state index in [1.54, 1.807) is 12.3 Å². The lowest BCUT2D eigenvalue weighted by molar-refractivity contribution is 0.128. The van der Waals surface area contributed by atoms with Gasteiger partial charge in [0.05, 0.1) is 0 Å². The normalized spacial score (nSPS) is 17.5. The molecule has 0 spiro atoms. The van der Waals surface area contributed by atoms with Crippen molar-refractivity contribution < 1.29 is 0 Å². The number of aromatic nitrogens is 2. The summed E-state index contributed by atoms with van der Waals surface area (Å²) in [5, 5.41) is 7.42. The minimum atomic E-state index is -0.0167. The highest BCUT2D eigenvalue weighted by atomic mass is 15.3. The van der Waals surface area contributed by atoms with Crippen molar-refractivity contribution in [3.05, 3.63) is 18.0 Å². The van der Waals surface area contributed by atoms with Crippen molar-refractivity contribution >= 4 is 11.8 Å². The lowest BCUT2D eigenvalue weighted by atomic mass is 10.1. The lowest BCUT2D eigenvalue weighted by Gasteiger charge is -2.42. The molecule has 3 N–H and O–H groups in total. The molecule has 0 aromatic carbocycles. The molecular weight excluding hydrogens is 240 g/mol. The van der Waals surface area contributed by atoms with Gasteiger partial charge in [-0.15, -0.1) is 0 Å². The third-order valence-corrected chi connectivity index (χ3v) is 3.43. The first-order chi connectivity index (χ1) is 8.88. The van der Waals surface area contributed by atoms with Crippen LogP contribution in [0.15, 0.2) is 12.3 Å². The quantitative estimate of drug-likeness (QED) is 0.605. The number of nitrogen functional groups attached to an aromatic ring is 1. The van der Waals surface area contributed by atoms with Gasteiger partial charge in [0, 0.05) is 37.9 Å². The van der Waals surface area contributed by atoms with Crippen LogP contribution in [0.2, 0.25) is 0 Å². The molecule has 1 aliphatic rings. The first-order valence-corrected chi connectivity index (χ1v) is 6.55. The van der Waals surface area contributed by atoms with Gasteiger partial charge in [-0.2, -0.15) is 0 Å². The Hall–Kier alpha value is -1.69. The van der Waals surface area contributed by atoms with Crippen molar-refractivity contribution in [2.75, 3.05) is 31.1 Å². The van der Waals surface area contributed by atoms with E-state index in [0.29, 0.717) is 11.6 Å². The maximum Gasteiger partial charge on any atom is 0.226 e. The van der Waals surface area contributed by atoms with Crippen LogP contribution in [0.25, 0.3) is 0 Å². The molecule has 0 aliphatic carbocycles. The molecule has 104 valence electrons. The third kappa shape index (κ3) is 3.20. The monoisotopic (exact) mass is 262 g/mol. The van der Waals surface area contributed by atoms with Crippen molar-refractivity contribution in [3.63, 3.8) is 0 Å². The van der Waals surface area contributed by atoms with E-state index < -0.39 is 0 Å². The van der Waals surface area contributed by atoms with E-state index >= 15 is 0 Å². The molecule has 1 aromatic heterocycles. The summed E-state index contributed by atoms with van der Waals surface area (Å²) in [6.45, 7) is 10.5. The number of amidine groups is 1. The molecule has 0 atom stereocenters. The predicted molar refractivity (Wildman–Crippen MR) is 76.6 cm³/mol. The first kappa shape index (κ1) is 13.7. The summed E-state index contributed by atoms with van der Waals surface area (Å²) in [6.07, 6.45) is 1.66. The summed E-state index contributed by atoms with van der Waals surface area (Å²) in [7, 11) is 0. The maximum absolute atomic E-state index is 7.42. The van der Waals surface area contributed by atoms with Crippen LogP contribution in [0.3, 0.4) is 0 Å². The Balaban J connectivity index is 2.05. The molecule has 2 heterocycles. The Morgan fingerprint density at radius 1 is 1.26 bits per heavy atom. The van der Waals surface area contributed by atoms with Crippen LogP contribution in [0.1, 0.15) is 26.5 Å². The molecule has 0 radical (unpaired) electrons. The molecule has 1 saturated heterocycles. The number of nitrogens with zero attached hydrogens (tertiary/aromatic N) is 4. The fourth-order valence-corrected chi connectivity index (χ4v) is 2.23. The van der Waals surface area contributed by atoms with Crippen LogP contribution >= 0.6 is 0 Å². The number of hydrogen-bond acceptors (Lipinski definition) is 5. The van der Waals surface area contributed by atoms with E-state index in [1.807, 2.05) is 0 Å². The van der Waals surface area contributed by atoms with Gasteiger partial charge in [-0.3, -0.25) is 10.3 Å². The van der Waals surface area contributed by atoms with Gasteiger partial charge in [0.2, 0.25) is 5.95 Å². The van der Waals surface area contributed by atoms with Gasteiger partial charge in [-0.05, 0) is 26.8 Å². The van der Waals surface area contributed by atoms with Crippen molar-refractivity contribution in [1.82, 2.24) is 14.9 Å². The van der Waals surface area contributed by atoms with Crippen LogP contribution in [-0.4, -0.2) is 52.4 Å². The Bertz CT molecular complexity index is 456. The molecule has 1 fully saturated rings. The van der Waals surface area contributed by atoms with Gasteiger partial charge >= 0.3 is 0 Å². The summed E-state index contributed by atoms with van der Waals surface area (Å²) in [6, 6.07) is 1.66. The van der Waals surface area contributed by atoms with Crippen molar-refractivity contribution in [2.24, 2.45) is 5.73 Å². The zero-order valence-electron chi connectivity index (χ0n) is 11.8. The SMILES string of the molecule is CC(C)(C)N1CCN(c2nccc(C(=N)N)n2)CC1. The molecule has 0 bridgehead atoms. The topological polar surface area (TPSA) is 82.1 Å². The molecule has 0 saturated carbocycles. The van der Waals surface area contributed by atoms with Gasteiger partial charge in [-0.1, -0.05) is 0 Å². The van der Waals surface area contributed by atoms with Gasteiger partial charge < -0.3 is 10.6 Å². The summed E-state index contributed by atoms with van der Waals surface area (Å²) in [5.41, 5.74) is 6.15. The van der Waals surface area contributed by atoms with Crippen LogP contribution in [0, 0.1) is 5.41 Å². The van der Waals surface area contributed by atoms with Crippen molar-refractivity contribution in [1.29, 1.82) is 5.41 Å². The second kappa shape index (κ2) is 5.13. The molecule has 1 aliphatic heterocycles. The van der Waals surface area contributed by atoms with Crippen molar-refractivity contribution in [2.45, 2.75) is 26.3 Å². The largest absolute Gasteiger partial charge is 0.382 e. The minimum absolute atomic E-state index is 0.0167. The fourth-order valence-electron chi connectivity index (χ4n) is 2.23. The molecule has 0 amide bonds.